The lowest BCUT2D eigenvalue weighted by Crippen LogP contribution is -2.39. The maximum Gasteiger partial charge on any atom is 0.268 e. The maximum absolute atomic E-state index is 13.1. The van der Waals surface area contributed by atoms with Crippen LogP contribution in [0.15, 0.2) is 23.3 Å². The summed E-state index contributed by atoms with van der Waals surface area (Å²) in [5.41, 5.74) is 1.32. The minimum absolute atomic E-state index is 0.0550. The first kappa shape index (κ1) is 15.9. The third-order valence-corrected chi connectivity index (χ3v) is 5.38. The number of H-pyrrole nitrogens is 1. The number of aromatic nitrogens is 5. The number of hydrogen-bond donors (Lipinski definition) is 1. The number of nitrogens with zero attached hydrogens (tertiary/aromatic N) is 5. The molecule has 3 aromatic heterocycles. The average molecular weight is 358 g/mol. The molecule has 4 rings (SSSR count). The van der Waals surface area contributed by atoms with Gasteiger partial charge in [0.2, 0.25) is 5.78 Å². The molecule has 1 aliphatic rings. The Morgan fingerprint density at radius 3 is 3.16 bits per heavy atom. The van der Waals surface area contributed by atoms with Crippen LogP contribution in [0.2, 0.25) is 0 Å². The molecule has 25 heavy (non-hydrogen) atoms. The van der Waals surface area contributed by atoms with E-state index in [0.717, 1.165) is 42.2 Å². The van der Waals surface area contributed by atoms with Gasteiger partial charge >= 0.3 is 0 Å². The number of rotatable bonds is 3. The lowest BCUT2D eigenvalue weighted by molar-refractivity contribution is 0.0609. The molecule has 0 radical (unpaired) electrons. The van der Waals surface area contributed by atoms with Crippen molar-refractivity contribution in [3.8, 4) is 0 Å². The van der Waals surface area contributed by atoms with E-state index in [2.05, 4.69) is 19.6 Å². The van der Waals surface area contributed by atoms with Crippen molar-refractivity contribution in [2.24, 2.45) is 0 Å². The number of piperidine rings is 1. The third kappa shape index (κ3) is 2.74. The van der Waals surface area contributed by atoms with Gasteiger partial charge in [0, 0.05) is 30.7 Å². The Morgan fingerprint density at radius 1 is 1.44 bits per heavy atom. The van der Waals surface area contributed by atoms with Crippen LogP contribution in [0.5, 0.6) is 0 Å². The summed E-state index contributed by atoms with van der Waals surface area (Å²) in [4.78, 5) is 35.2. The summed E-state index contributed by atoms with van der Waals surface area (Å²) in [6.45, 7) is 2.62. The molecule has 1 saturated heterocycles. The normalized spacial score (nSPS) is 18.0. The Bertz CT molecular complexity index is 974. The van der Waals surface area contributed by atoms with Crippen LogP contribution >= 0.6 is 11.5 Å². The molecule has 1 amide bonds. The summed E-state index contributed by atoms with van der Waals surface area (Å²) in [6, 6.07) is 1.40. The molecule has 0 bridgehead atoms. The summed E-state index contributed by atoms with van der Waals surface area (Å²) in [5.74, 6) is 0.440. The Hall–Kier alpha value is -2.55. The number of carbonyl (C=O) groups excluding carboxylic acids is 1. The van der Waals surface area contributed by atoms with Gasteiger partial charge in [0.1, 0.15) is 4.88 Å². The second kappa shape index (κ2) is 6.40. The topological polar surface area (TPSA) is 96.2 Å². The molecule has 4 heterocycles. The molecular formula is C16H18N6O2S. The number of imidazole rings is 1. The quantitative estimate of drug-likeness (QED) is 0.770. The van der Waals surface area contributed by atoms with Crippen LogP contribution in [0.4, 0.5) is 0 Å². The van der Waals surface area contributed by atoms with Crippen molar-refractivity contribution in [3.05, 3.63) is 45.1 Å². The predicted octanol–water partition coefficient (Wildman–Crippen LogP) is 1.80. The van der Waals surface area contributed by atoms with Crippen molar-refractivity contribution in [2.75, 3.05) is 6.54 Å². The number of fused-ring (bicyclic) bond motifs is 1. The maximum atomic E-state index is 13.1. The molecule has 1 fully saturated rings. The van der Waals surface area contributed by atoms with Gasteiger partial charge in [-0.2, -0.15) is 0 Å². The lowest BCUT2D eigenvalue weighted by Gasteiger charge is -2.35. The zero-order valence-electron chi connectivity index (χ0n) is 13.8. The summed E-state index contributed by atoms with van der Waals surface area (Å²) < 4.78 is 5.39. The van der Waals surface area contributed by atoms with Crippen LogP contribution in [0.3, 0.4) is 0 Å². The molecule has 0 aliphatic carbocycles. The van der Waals surface area contributed by atoms with Crippen molar-refractivity contribution < 1.29 is 4.79 Å². The Morgan fingerprint density at radius 2 is 2.32 bits per heavy atom. The second-order valence-electron chi connectivity index (χ2n) is 6.10. The summed E-state index contributed by atoms with van der Waals surface area (Å²) >= 11 is 1.14. The van der Waals surface area contributed by atoms with Crippen LogP contribution in [0, 0.1) is 0 Å². The highest BCUT2D eigenvalue weighted by atomic mass is 32.1. The number of aryl methyl sites for hydroxylation is 1. The van der Waals surface area contributed by atoms with E-state index in [-0.39, 0.29) is 17.5 Å². The zero-order chi connectivity index (χ0) is 17.4. The van der Waals surface area contributed by atoms with Crippen molar-refractivity contribution >= 4 is 23.2 Å². The molecule has 9 heteroatoms. The van der Waals surface area contributed by atoms with Crippen LogP contribution in [0.25, 0.3) is 5.78 Å². The van der Waals surface area contributed by atoms with Crippen molar-refractivity contribution in [3.63, 3.8) is 0 Å². The molecule has 0 unspecified atom stereocenters. The fraction of sp³-hybridized carbons (Fsp3) is 0.438. The largest absolute Gasteiger partial charge is 0.329 e. The average Bonchev–Trinajstić information content (AvgIpc) is 3.30. The first-order valence-electron chi connectivity index (χ1n) is 8.37. The smallest absolute Gasteiger partial charge is 0.268 e. The lowest BCUT2D eigenvalue weighted by atomic mass is 9.98. The number of likely N-dealkylation sites (tertiary alicyclic amines) is 1. The molecule has 1 N–H and O–H groups in total. The van der Waals surface area contributed by atoms with E-state index in [1.54, 1.807) is 18.5 Å². The molecule has 8 nitrogen and oxygen atoms in total. The van der Waals surface area contributed by atoms with Gasteiger partial charge in [-0.15, -0.1) is 5.10 Å². The fourth-order valence-corrected chi connectivity index (χ4v) is 4.06. The molecule has 1 atom stereocenters. The minimum Gasteiger partial charge on any atom is -0.329 e. The second-order valence-corrected chi connectivity index (χ2v) is 6.85. The van der Waals surface area contributed by atoms with Crippen LogP contribution in [-0.4, -0.2) is 41.3 Å². The SMILES string of the molecule is CCc1nnsc1C(=O)N1CCCC[C@H]1c1cc(=O)n2ccnc2[nH]1. The van der Waals surface area contributed by atoms with E-state index >= 15 is 0 Å². The standard InChI is InChI=1S/C16H18N6O2S/c1-2-10-14(25-20-19-10)15(24)21-7-4-3-5-12(21)11-9-13(23)22-8-6-17-16(22)18-11/h6,8-9,12H,2-5,7H2,1H3,(H,17,18)/t12-/m0/s1. The summed E-state index contributed by atoms with van der Waals surface area (Å²) in [6.07, 6.45) is 6.65. The van der Waals surface area contributed by atoms with Crippen LogP contribution in [-0.2, 0) is 6.42 Å². The van der Waals surface area contributed by atoms with E-state index in [1.807, 2.05) is 11.8 Å². The third-order valence-electron chi connectivity index (χ3n) is 4.62. The van der Waals surface area contributed by atoms with Gasteiger partial charge in [-0.3, -0.25) is 14.0 Å². The first-order valence-corrected chi connectivity index (χ1v) is 9.15. The fourth-order valence-electron chi connectivity index (χ4n) is 3.35. The minimum atomic E-state index is -0.164. The number of carbonyl (C=O) groups is 1. The van der Waals surface area contributed by atoms with E-state index in [0.29, 0.717) is 23.6 Å². The molecule has 0 spiro atoms. The Balaban J connectivity index is 1.73. The van der Waals surface area contributed by atoms with Crippen LogP contribution in [0.1, 0.15) is 53.3 Å². The Labute approximate surface area is 147 Å². The highest BCUT2D eigenvalue weighted by molar-refractivity contribution is 7.08. The van der Waals surface area contributed by atoms with E-state index < -0.39 is 0 Å². The van der Waals surface area contributed by atoms with E-state index in [4.69, 9.17) is 0 Å². The predicted molar refractivity (Wildman–Crippen MR) is 92.7 cm³/mol. The van der Waals surface area contributed by atoms with Crippen molar-refractivity contribution in [1.29, 1.82) is 0 Å². The Kier molecular flexibility index (Phi) is 4.08. The van der Waals surface area contributed by atoms with E-state index in [1.165, 1.54) is 4.40 Å². The molecule has 130 valence electrons. The molecule has 3 aromatic rings. The van der Waals surface area contributed by atoms with E-state index in [9.17, 15) is 9.59 Å². The van der Waals surface area contributed by atoms with Gasteiger partial charge in [0.05, 0.1) is 11.7 Å². The monoisotopic (exact) mass is 358 g/mol. The first-order chi connectivity index (χ1) is 12.2. The van der Waals surface area contributed by atoms with Gasteiger partial charge in [0.15, 0.2) is 0 Å². The van der Waals surface area contributed by atoms with Crippen molar-refractivity contribution in [2.45, 2.75) is 38.6 Å². The summed E-state index contributed by atoms with van der Waals surface area (Å²) in [5, 5.41) is 4.05. The number of amides is 1. The molecule has 1 aliphatic heterocycles. The van der Waals surface area contributed by atoms with Gasteiger partial charge in [-0.05, 0) is 37.2 Å². The van der Waals surface area contributed by atoms with Gasteiger partial charge in [-0.25, -0.2) is 4.98 Å². The summed E-state index contributed by atoms with van der Waals surface area (Å²) in [7, 11) is 0. The van der Waals surface area contributed by atoms with Crippen molar-refractivity contribution in [1.82, 2.24) is 28.9 Å². The van der Waals surface area contributed by atoms with Crippen LogP contribution < -0.4 is 5.56 Å². The number of aromatic amines is 1. The number of nitrogens with one attached hydrogen (secondary N) is 1. The highest BCUT2D eigenvalue weighted by Gasteiger charge is 2.32. The zero-order valence-corrected chi connectivity index (χ0v) is 14.6. The van der Waals surface area contributed by atoms with Gasteiger partial charge < -0.3 is 9.88 Å². The highest BCUT2D eigenvalue weighted by Crippen LogP contribution is 2.31. The number of hydrogen-bond acceptors (Lipinski definition) is 6. The molecular weight excluding hydrogens is 340 g/mol. The molecule has 0 saturated carbocycles. The van der Waals surface area contributed by atoms with Gasteiger partial charge in [0.25, 0.3) is 11.5 Å². The van der Waals surface area contributed by atoms with Gasteiger partial charge in [-0.1, -0.05) is 11.4 Å². The molecule has 0 aromatic carbocycles.